The van der Waals surface area contributed by atoms with Crippen LogP contribution in [0.5, 0.6) is 5.75 Å². The Bertz CT molecular complexity index is 705. The number of ether oxygens (including phenoxy) is 1. The second-order valence-electron chi connectivity index (χ2n) is 7.02. The van der Waals surface area contributed by atoms with Crippen molar-refractivity contribution in [1.29, 1.82) is 0 Å². The van der Waals surface area contributed by atoms with Gasteiger partial charge in [-0.05, 0) is 36.1 Å². The van der Waals surface area contributed by atoms with Gasteiger partial charge in [0.15, 0.2) is 0 Å². The molecule has 134 valence electrons. The van der Waals surface area contributed by atoms with E-state index in [4.69, 9.17) is 10.5 Å². The predicted octanol–water partition coefficient (Wildman–Crippen LogP) is 2.80. The van der Waals surface area contributed by atoms with Crippen LogP contribution in [0, 0.1) is 0 Å². The topological polar surface area (TPSA) is 71.6 Å². The average Bonchev–Trinajstić information content (AvgIpc) is 2.59. The van der Waals surface area contributed by atoms with Gasteiger partial charge in [0.1, 0.15) is 23.8 Å². The molecule has 5 heteroatoms. The fourth-order valence-corrected chi connectivity index (χ4v) is 3.20. The van der Waals surface area contributed by atoms with Crippen molar-refractivity contribution < 1.29 is 9.84 Å². The van der Waals surface area contributed by atoms with Gasteiger partial charge in [0.25, 0.3) is 0 Å². The molecule has 0 unspecified atom stereocenters. The average molecular weight is 341 g/mol. The van der Waals surface area contributed by atoms with E-state index in [1.165, 1.54) is 5.56 Å². The number of rotatable bonds is 5. The van der Waals surface area contributed by atoms with Gasteiger partial charge in [-0.2, -0.15) is 0 Å². The number of nitrogens with zero attached hydrogens (tertiary/aromatic N) is 2. The van der Waals surface area contributed by atoms with Gasteiger partial charge >= 0.3 is 0 Å². The smallest absolute Gasteiger partial charge is 0.127 e. The summed E-state index contributed by atoms with van der Waals surface area (Å²) >= 11 is 0. The van der Waals surface area contributed by atoms with Gasteiger partial charge < -0.3 is 15.6 Å². The fourth-order valence-electron chi connectivity index (χ4n) is 3.20. The number of pyridine rings is 1. The molecule has 2 atom stereocenters. The van der Waals surface area contributed by atoms with Crippen molar-refractivity contribution in [1.82, 2.24) is 9.88 Å². The van der Waals surface area contributed by atoms with Crippen molar-refractivity contribution in [2.75, 3.05) is 18.8 Å². The van der Waals surface area contributed by atoms with E-state index in [9.17, 15) is 5.11 Å². The van der Waals surface area contributed by atoms with Gasteiger partial charge in [0.05, 0.1) is 0 Å². The zero-order chi connectivity index (χ0) is 17.8. The van der Waals surface area contributed by atoms with Crippen molar-refractivity contribution in [3.63, 3.8) is 0 Å². The van der Waals surface area contributed by atoms with E-state index in [0.29, 0.717) is 24.8 Å². The number of anilines is 1. The van der Waals surface area contributed by atoms with Crippen LogP contribution in [-0.2, 0) is 6.54 Å². The minimum atomic E-state index is -0.519. The summed E-state index contributed by atoms with van der Waals surface area (Å²) in [6, 6.07) is 12.0. The van der Waals surface area contributed by atoms with Gasteiger partial charge in [-0.3, -0.25) is 4.90 Å². The monoisotopic (exact) mass is 341 g/mol. The zero-order valence-corrected chi connectivity index (χ0v) is 14.9. The minimum Gasteiger partial charge on any atom is -0.488 e. The molecule has 1 aromatic carbocycles. The van der Waals surface area contributed by atoms with Gasteiger partial charge in [-0.25, -0.2) is 4.98 Å². The van der Waals surface area contributed by atoms with Crippen LogP contribution in [0.1, 0.15) is 37.3 Å². The van der Waals surface area contributed by atoms with Crippen LogP contribution in [0.15, 0.2) is 42.6 Å². The highest BCUT2D eigenvalue weighted by atomic mass is 16.5. The first-order valence-corrected chi connectivity index (χ1v) is 8.89. The summed E-state index contributed by atoms with van der Waals surface area (Å²) in [5.74, 6) is 1.85. The third-order valence-corrected chi connectivity index (χ3v) is 4.74. The van der Waals surface area contributed by atoms with Crippen molar-refractivity contribution in [2.24, 2.45) is 0 Å². The number of nitrogen functional groups attached to an aromatic ring is 1. The Balaban J connectivity index is 1.59. The molecule has 0 spiro atoms. The van der Waals surface area contributed by atoms with E-state index in [-0.39, 0.29) is 6.10 Å². The second kappa shape index (κ2) is 7.85. The molecule has 1 aliphatic heterocycles. The lowest BCUT2D eigenvalue weighted by molar-refractivity contribution is -0.0274. The summed E-state index contributed by atoms with van der Waals surface area (Å²) in [4.78, 5) is 6.32. The lowest BCUT2D eigenvalue weighted by atomic mass is 10.0. The molecule has 2 aromatic rings. The Hall–Kier alpha value is -2.11. The number of nitrogens with two attached hydrogens (primary N) is 1. The van der Waals surface area contributed by atoms with Crippen LogP contribution in [0.2, 0.25) is 0 Å². The molecule has 1 aromatic heterocycles. The van der Waals surface area contributed by atoms with E-state index in [2.05, 4.69) is 35.9 Å². The molecule has 0 amide bonds. The first kappa shape index (κ1) is 17.7. The maximum absolute atomic E-state index is 10.5. The highest BCUT2D eigenvalue weighted by Crippen LogP contribution is 2.24. The molecule has 2 heterocycles. The summed E-state index contributed by atoms with van der Waals surface area (Å²) in [5.41, 5.74) is 8.16. The van der Waals surface area contributed by atoms with Crippen LogP contribution in [0.25, 0.3) is 0 Å². The van der Waals surface area contributed by atoms with Crippen molar-refractivity contribution >= 4 is 5.82 Å². The Morgan fingerprint density at radius 3 is 2.88 bits per heavy atom. The fraction of sp³-hybridized carbons (Fsp3) is 0.450. The molecule has 1 fully saturated rings. The Labute approximate surface area is 149 Å². The Kier molecular flexibility index (Phi) is 5.56. The Morgan fingerprint density at radius 1 is 1.32 bits per heavy atom. The molecular formula is C20H27N3O2. The van der Waals surface area contributed by atoms with Crippen LogP contribution in [-0.4, -0.2) is 40.3 Å². The van der Waals surface area contributed by atoms with E-state index in [1.54, 1.807) is 6.20 Å². The van der Waals surface area contributed by atoms with Crippen molar-refractivity contribution in [3.8, 4) is 5.75 Å². The second-order valence-corrected chi connectivity index (χ2v) is 7.02. The lowest BCUT2D eigenvalue weighted by Crippen LogP contribution is -2.48. The first-order valence-electron chi connectivity index (χ1n) is 8.89. The lowest BCUT2D eigenvalue weighted by Gasteiger charge is -2.36. The highest BCUT2D eigenvalue weighted by Gasteiger charge is 2.29. The van der Waals surface area contributed by atoms with Crippen LogP contribution in [0.3, 0.4) is 0 Å². The van der Waals surface area contributed by atoms with Crippen LogP contribution >= 0.6 is 0 Å². The molecule has 5 nitrogen and oxygen atoms in total. The standard InChI is InChI=1S/C20H27N3O2/c1-14(2)15-5-3-7-17(11-15)25-19-8-10-23(13-18(19)24)12-16-6-4-9-22-20(16)21/h3-7,9,11,14,18-19,24H,8,10,12-13H2,1-2H3,(H2,21,22)/t18-,19-/m1/s1. The maximum atomic E-state index is 10.5. The number of piperidine rings is 1. The molecule has 25 heavy (non-hydrogen) atoms. The molecule has 3 rings (SSSR count). The molecule has 1 saturated heterocycles. The summed E-state index contributed by atoms with van der Waals surface area (Å²) in [6.07, 6.45) is 1.78. The Morgan fingerprint density at radius 2 is 2.16 bits per heavy atom. The number of aromatic nitrogens is 1. The number of hydrogen-bond donors (Lipinski definition) is 2. The molecular weight excluding hydrogens is 314 g/mol. The molecule has 0 aliphatic carbocycles. The number of hydrogen-bond acceptors (Lipinski definition) is 5. The molecule has 3 N–H and O–H groups in total. The largest absolute Gasteiger partial charge is 0.488 e. The third-order valence-electron chi connectivity index (χ3n) is 4.74. The maximum Gasteiger partial charge on any atom is 0.127 e. The van der Waals surface area contributed by atoms with Crippen molar-refractivity contribution in [3.05, 3.63) is 53.7 Å². The number of likely N-dealkylation sites (tertiary alicyclic amines) is 1. The molecule has 0 radical (unpaired) electrons. The predicted molar refractivity (Wildman–Crippen MR) is 99.5 cm³/mol. The van der Waals surface area contributed by atoms with Gasteiger partial charge in [-0.15, -0.1) is 0 Å². The number of aliphatic hydroxyl groups excluding tert-OH is 1. The summed E-state index contributed by atoms with van der Waals surface area (Å²) in [6.45, 7) is 6.46. The molecule has 1 aliphatic rings. The van der Waals surface area contributed by atoms with Gasteiger partial charge in [-0.1, -0.05) is 32.0 Å². The van der Waals surface area contributed by atoms with E-state index >= 15 is 0 Å². The van der Waals surface area contributed by atoms with Gasteiger partial charge in [0.2, 0.25) is 0 Å². The number of benzene rings is 1. The van der Waals surface area contributed by atoms with E-state index < -0.39 is 6.10 Å². The molecule has 0 bridgehead atoms. The minimum absolute atomic E-state index is 0.176. The van der Waals surface area contributed by atoms with Crippen molar-refractivity contribution in [2.45, 2.75) is 44.9 Å². The zero-order valence-electron chi connectivity index (χ0n) is 14.9. The van der Waals surface area contributed by atoms with E-state index in [0.717, 1.165) is 24.3 Å². The summed E-state index contributed by atoms with van der Waals surface area (Å²) in [7, 11) is 0. The summed E-state index contributed by atoms with van der Waals surface area (Å²) < 4.78 is 6.07. The van der Waals surface area contributed by atoms with E-state index in [1.807, 2.05) is 24.3 Å². The van der Waals surface area contributed by atoms with Crippen LogP contribution in [0.4, 0.5) is 5.82 Å². The summed E-state index contributed by atoms with van der Waals surface area (Å²) in [5, 5.41) is 10.5. The van der Waals surface area contributed by atoms with Crippen LogP contribution < -0.4 is 10.5 Å². The number of aliphatic hydroxyl groups is 1. The normalized spacial score (nSPS) is 21.4. The number of β-amino-alcohol motifs (C(OH)–C–C–N with tert-alkyl or cyclic N) is 1. The van der Waals surface area contributed by atoms with Gasteiger partial charge in [0, 0.05) is 31.4 Å². The highest BCUT2D eigenvalue weighted by molar-refractivity contribution is 5.38. The quantitative estimate of drug-likeness (QED) is 0.875. The molecule has 0 saturated carbocycles. The first-order chi connectivity index (χ1) is 12.0. The SMILES string of the molecule is CC(C)c1cccc(O[C@@H]2CCN(Cc3cccnc3N)C[C@H]2O)c1. The third kappa shape index (κ3) is 4.50.